The van der Waals surface area contributed by atoms with Crippen molar-refractivity contribution in [3.8, 4) is 0 Å². The Morgan fingerprint density at radius 2 is 2.33 bits per heavy atom. The third kappa shape index (κ3) is 5.86. The first kappa shape index (κ1) is 16.7. The Kier molecular flexibility index (Phi) is 9.00. The topological polar surface area (TPSA) is 51.5 Å². The fraction of sp³-hybridized carbons (Fsp3) is 0.250. The van der Waals surface area contributed by atoms with Crippen LogP contribution in [0.2, 0.25) is 0 Å². The lowest BCUT2D eigenvalue weighted by Gasteiger charge is -1.97. The smallest absolute Gasteiger partial charge is 0.161 e. The maximum absolute atomic E-state index is 10.4. The number of aromatic nitrogens is 1. The minimum absolute atomic E-state index is 0.323. The van der Waals surface area contributed by atoms with E-state index in [4.69, 9.17) is 11.6 Å². The Bertz CT molecular complexity index is 439. The highest BCUT2D eigenvalue weighted by atomic mass is 35.5. The van der Waals surface area contributed by atoms with Gasteiger partial charge in [0.2, 0.25) is 0 Å². The fourth-order valence-corrected chi connectivity index (χ4v) is 1.76. The normalized spacial score (nSPS) is 10.3. The summed E-state index contributed by atoms with van der Waals surface area (Å²) >= 11 is 6.97. The molecule has 0 atom stereocenters. The Hall–Kier alpha value is -1.30. The van der Waals surface area contributed by atoms with Crippen LogP contribution in [0.4, 0.5) is 0 Å². The first-order valence-electron chi connectivity index (χ1n) is 5.01. The van der Waals surface area contributed by atoms with Crippen molar-refractivity contribution >= 4 is 41.5 Å². The van der Waals surface area contributed by atoms with Crippen molar-refractivity contribution in [2.75, 3.05) is 13.7 Å². The molecule has 0 saturated carbocycles. The van der Waals surface area contributed by atoms with E-state index in [1.54, 1.807) is 7.11 Å². The highest BCUT2D eigenvalue weighted by molar-refractivity contribution is 7.14. The number of halogens is 1. The van der Waals surface area contributed by atoms with Crippen LogP contribution in [0.3, 0.4) is 0 Å². The molecular formula is C12H15ClN2O2S. The van der Waals surface area contributed by atoms with E-state index in [9.17, 15) is 4.79 Å². The van der Waals surface area contributed by atoms with Crippen LogP contribution in [0, 0.1) is 0 Å². The monoisotopic (exact) mass is 286 g/mol. The molecule has 0 aliphatic rings. The second kappa shape index (κ2) is 9.70. The van der Waals surface area contributed by atoms with Gasteiger partial charge in [-0.25, -0.2) is 4.98 Å². The molecule has 0 radical (unpaired) electrons. The van der Waals surface area contributed by atoms with Crippen LogP contribution in [0.15, 0.2) is 29.0 Å². The van der Waals surface area contributed by atoms with Gasteiger partial charge < -0.3 is 4.74 Å². The van der Waals surface area contributed by atoms with Crippen molar-refractivity contribution < 1.29 is 9.53 Å². The van der Waals surface area contributed by atoms with Gasteiger partial charge in [0, 0.05) is 36.7 Å². The molecule has 6 heteroatoms. The Morgan fingerprint density at radius 1 is 1.72 bits per heavy atom. The van der Waals surface area contributed by atoms with Gasteiger partial charge in [0.05, 0.1) is 4.88 Å². The number of allylic oxidation sites excluding steroid dienone is 2. The molecule has 0 fully saturated rings. The summed E-state index contributed by atoms with van der Waals surface area (Å²) in [7, 11) is 1.68. The third-order valence-electron chi connectivity index (χ3n) is 1.67. The molecule has 0 aromatic carbocycles. The average Bonchev–Trinajstić information content (AvgIpc) is 2.84. The summed E-state index contributed by atoms with van der Waals surface area (Å²) < 4.78 is 4.54. The van der Waals surface area contributed by atoms with E-state index < -0.39 is 0 Å². The predicted molar refractivity (Wildman–Crippen MR) is 77.6 cm³/mol. The molecule has 0 saturated heterocycles. The third-order valence-corrected chi connectivity index (χ3v) is 2.83. The summed E-state index contributed by atoms with van der Waals surface area (Å²) in [5, 5.41) is 0.934. The SMILES string of the molecule is C=N/C=C(\C(=C)Cl)c1ncc(C=O)s1.CCOC. The van der Waals surface area contributed by atoms with Gasteiger partial charge in [0.1, 0.15) is 5.01 Å². The maximum Gasteiger partial charge on any atom is 0.161 e. The largest absolute Gasteiger partial charge is 0.385 e. The zero-order valence-corrected chi connectivity index (χ0v) is 11.9. The van der Waals surface area contributed by atoms with Crippen LogP contribution in [0.25, 0.3) is 5.57 Å². The van der Waals surface area contributed by atoms with Crippen molar-refractivity contribution in [2.24, 2.45) is 4.99 Å². The van der Waals surface area contributed by atoms with E-state index in [2.05, 4.69) is 28.0 Å². The van der Waals surface area contributed by atoms with E-state index in [0.717, 1.165) is 12.9 Å². The molecule has 0 amide bonds. The first-order chi connectivity index (χ1) is 8.60. The van der Waals surface area contributed by atoms with Crippen molar-refractivity contribution in [3.05, 3.63) is 33.9 Å². The maximum atomic E-state index is 10.4. The molecule has 18 heavy (non-hydrogen) atoms. The Labute approximate surface area is 116 Å². The van der Waals surface area contributed by atoms with Gasteiger partial charge in [-0.05, 0) is 13.6 Å². The first-order valence-corrected chi connectivity index (χ1v) is 6.21. The van der Waals surface area contributed by atoms with Crippen LogP contribution in [-0.4, -0.2) is 31.7 Å². The van der Waals surface area contributed by atoms with Crippen LogP contribution in [0.1, 0.15) is 21.6 Å². The summed E-state index contributed by atoms with van der Waals surface area (Å²) in [6.07, 6.45) is 3.67. The predicted octanol–water partition coefficient (Wildman–Crippen LogP) is 3.40. The van der Waals surface area contributed by atoms with Gasteiger partial charge in [0.25, 0.3) is 0 Å². The molecule has 0 aliphatic carbocycles. The molecule has 0 spiro atoms. The lowest BCUT2D eigenvalue weighted by molar-refractivity contribution is 0.112. The number of hydrogen-bond donors (Lipinski definition) is 0. The number of hydrogen-bond acceptors (Lipinski definition) is 5. The number of rotatable bonds is 5. The number of ether oxygens (including phenoxy) is 1. The average molecular weight is 287 g/mol. The molecule has 0 N–H and O–H groups in total. The second-order valence-corrected chi connectivity index (χ2v) is 4.41. The van der Waals surface area contributed by atoms with Crippen LogP contribution in [-0.2, 0) is 4.74 Å². The van der Waals surface area contributed by atoms with Crippen molar-refractivity contribution in [2.45, 2.75) is 6.92 Å². The Morgan fingerprint density at radius 3 is 2.67 bits per heavy atom. The molecule has 1 aromatic rings. The summed E-state index contributed by atoms with van der Waals surface area (Å²) in [4.78, 5) is 18.6. The van der Waals surface area contributed by atoms with Crippen molar-refractivity contribution in [1.29, 1.82) is 0 Å². The van der Waals surface area contributed by atoms with Gasteiger partial charge >= 0.3 is 0 Å². The van der Waals surface area contributed by atoms with Crippen molar-refractivity contribution in [1.82, 2.24) is 4.98 Å². The van der Waals surface area contributed by atoms with E-state index in [1.807, 2.05) is 6.92 Å². The summed E-state index contributed by atoms with van der Waals surface area (Å²) in [5.41, 5.74) is 0.583. The van der Waals surface area contributed by atoms with E-state index >= 15 is 0 Å². The van der Waals surface area contributed by atoms with Crippen molar-refractivity contribution in [3.63, 3.8) is 0 Å². The number of carbonyl (C=O) groups excluding carboxylic acids is 1. The number of nitrogens with zero attached hydrogens (tertiary/aromatic N) is 2. The zero-order chi connectivity index (χ0) is 14.0. The van der Waals surface area contributed by atoms with Gasteiger partial charge in [-0.2, -0.15) is 0 Å². The molecule has 98 valence electrons. The van der Waals surface area contributed by atoms with Gasteiger partial charge in [0.15, 0.2) is 6.29 Å². The number of carbonyl (C=O) groups is 1. The van der Waals surface area contributed by atoms with Crippen LogP contribution >= 0.6 is 22.9 Å². The molecule has 1 rings (SSSR count). The molecular weight excluding hydrogens is 272 g/mol. The zero-order valence-electron chi connectivity index (χ0n) is 10.4. The lowest BCUT2D eigenvalue weighted by Crippen LogP contribution is -1.80. The van der Waals surface area contributed by atoms with Crippen LogP contribution in [0.5, 0.6) is 0 Å². The summed E-state index contributed by atoms with van der Waals surface area (Å²) in [5.74, 6) is 0. The molecule has 0 aliphatic heterocycles. The second-order valence-electron chi connectivity index (χ2n) is 2.89. The molecule has 4 nitrogen and oxygen atoms in total. The number of thiazole rings is 1. The molecule has 1 heterocycles. The lowest BCUT2D eigenvalue weighted by atomic mass is 10.3. The molecule has 0 bridgehead atoms. The number of aliphatic imine (C=N–C) groups is 1. The summed E-state index contributed by atoms with van der Waals surface area (Å²) in [6, 6.07) is 0. The highest BCUT2D eigenvalue weighted by Gasteiger charge is 2.08. The minimum atomic E-state index is 0.323. The fourth-order valence-electron chi connectivity index (χ4n) is 0.798. The van der Waals surface area contributed by atoms with Gasteiger partial charge in [-0.3, -0.25) is 9.79 Å². The standard InChI is InChI=1S/C9H7ClN2OS.C3H8O/c1-6(10)8(4-11-2)9-12-3-7(5-13)14-9;1-3-4-2/h3-5H,1-2H2;3H2,1-2H3/b8-4+;. The quantitative estimate of drug-likeness (QED) is 0.473. The molecule has 0 unspecified atom stereocenters. The number of methoxy groups -OCH3 is 1. The summed E-state index contributed by atoms with van der Waals surface area (Å²) in [6.45, 7) is 9.67. The van der Waals surface area contributed by atoms with Gasteiger partial charge in [-0.1, -0.05) is 18.2 Å². The highest BCUT2D eigenvalue weighted by Crippen LogP contribution is 2.27. The van der Waals surface area contributed by atoms with E-state index in [0.29, 0.717) is 20.5 Å². The molecule has 1 aromatic heterocycles. The minimum Gasteiger partial charge on any atom is -0.385 e. The Balaban J connectivity index is 0.000000631. The number of aldehydes is 1. The van der Waals surface area contributed by atoms with E-state index in [-0.39, 0.29) is 0 Å². The van der Waals surface area contributed by atoms with E-state index in [1.165, 1.54) is 23.7 Å². The van der Waals surface area contributed by atoms with Gasteiger partial charge in [-0.15, -0.1) is 11.3 Å². The van der Waals surface area contributed by atoms with Crippen LogP contribution < -0.4 is 0 Å².